The van der Waals surface area contributed by atoms with Gasteiger partial charge in [0.15, 0.2) is 0 Å². The van der Waals surface area contributed by atoms with Crippen molar-refractivity contribution in [2.75, 3.05) is 25.0 Å². The Bertz CT molecular complexity index is 1010. The van der Waals surface area contributed by atoms with Crippen LogP contribution in [0.1, 0.15) is 41.9 Å². The molecule has 1 aliphatic heterocycles. The van der Waals surface area contributed by atoms with Crippen LogP contribution in [-0.2, 0) is 14.8 Å². The second-order valence-electron chi connectivity index (χ2n) is 7.19. The molecule has 0 unspecified atom stereocenters. The molecule has 2 aromatic rings. The van der Waals surface area contributed by atoms with Gasteiger partial charge in [-0.1, -0.05) is 26.0 Å². The highest BCUT2D eigenvalue weighted by Gasteiger charge is 2.35. The van der Waals surface area contributed by atoms with E-state index in [1.807, 2.05) is 11.4 Å². The first kappa shape index (κ1) is 22.5. The number of thiophene rings is 1. The Hall–Kier alpha value is -2.23. The van der Waals surface area contributed by atoms with E-state index in [4.69, 9.17) is 0 Å². The highest BCUT2D eigenvalue weighted by atomic mass is 32.2. The van der Waals surface area contributed by atoms with Crippen molar-refractivity contribution in [2.24, 2.45) is 0 Å². The molecule has 1 saturated heterocycles. The number of hydrogen-bond acceptors (Lipinski definition) is 5. The molecule has 1 N–H and O–H groups in total. The molecule has 0 radical (unpaired) electrons. The fourth-order valence-corrected chi connectivity index (χ4v) is 6.10. The van der Waals surface area contributed by atoms with E-state index in [-0.39, 0.29) is 16.7 Å². The summed E-state index contributed by atoms with van der Waals surface area (Å²) in [5.41, 5.74) is 1.03. The highest BCUT2D eigenvalue weighted by molar-refractivity contribution is 7.89. The minimum absolute atomic E-state index is 0.142. The van der Waals surface area contributed by atoms with Gasteiger partial charge in [0.2, 0.25) is 15.9 Å². The van der Waals surface area contributed by atoms with E-state index in [0.717, 1.165) is 6.42 Å². The van der Waals surface area contributed by atoms with Crippen LogP contribution in [-0.4, -0.2) is 55.1 Å². The number of sulfonamides is 1. The van der Waals surface area contributed by atoms with Crippen molar-refractivity contribution in [3.8, 4) is 0 Å². The molecule has 0 bridgehead atoms. The molecule has 2 heterocycles. The fraction of sp³-hybridized carbons (Fsp3) is 0.429. The Morgan fingerprint density at radius 2 is 1.97 bits per heavy atom. The number of carbonyl (C=O) groups is 2. The number of benzene rings is 1. The lowest BCUT2D eigenvalue weighted by Crippen LogP contribution is -2.43. The number of likely N-dealkylation sites (tertiary alicyclic amines) is 1. The van der Waals surface area contributed by atoms with E-state index in [2.05, 4.69) is 5.32 Å². The Balaban J connectivity index is 1.81. The number of anilines is 1. The number of hydrogen-bond donors (Lipinski definition) is 1. The van der Waals surface area contributed by atoms with Crippen LogP contribution in [0.4, 0.5) is 5.69 Å². The van der Waals surface area contributed by atoms with Crippen LogP contribution in [0.15, 0.2) is 40.6 Å². The topological polar surface area (TPSA) is 86.8 Å². The van der Waals surface area contributed by atoms with Gasteiger partial charge in [-0.15, -0.1) is 11.3 Å². The van der Waals surface area contributed by atoms with Crippen LogP contribution >= 0.6 is 11.3 Å². The molecular formula is C21H27N3O4S2. The highest BCUT2D eigenvalue weighted by Crippen LogP contribution is 2.26. The summed E-state index contributed by atoms with van der Waals surface area (Å²) in [7, 11) is -3.64. The van der Waals surface area contributed by atoms with Crippen molar-refractivity contribution in [3.63, 3.8) is 0 Å². The summed E-state index contributed by atoms with van der Waals surface area (Å²) >= 11 is 1.35. The Kier molecular flexibility index (Phi) is 6.95. The van der Waals surface area contributed by atoms with Gasteiger partial charge in [0.25, 0.3) is 5.91 Å². The largest absolute Gasteiger partial charge is 0.326 e. The van der Waals surface area contributed by atoms with E-state index in [0.29, 0.717) is 42.2 Å². The number of carbonyl (C=O) groups excluding carboxylic acids is 2. The van der Waals surface area contributed by atoms with Crippen molar-refractivity contribution in [2.45, 2.75) is 44.6 Å². The van der Waals surface area contributed by atoms with Crippen molar-refractivity contribution < 1.29 is 18.0 Å². The van der Waals surface area contributed by atoms with E-state index < -0.39 is 16.1 Å². The molecule has 7 nitrogen and oxygen atoms in total. The van der Waals surface area contributed by atoms with Crippen LogP contribution < -0.4 is 5.32 Å². The number of aryl methyl sites for hydroxylation is 1. The predicted octanol–water partition coefficient (Wildman–Crippen LogP) is 3.33. The molecule has 2 amide bonds. The number of nitrogens with zero attached hydrogens (tertiary/aromatic N) is 2. The summed E-state index contributed by atoms with van der Waals surface area (Å²) < 4.78 is 27.3. The molecule has 0 saturated carbocycles. The molecule has 162 valence electrons. The molecule has 1 aliphatic rings. The van der Waals surface area contributed by atoms with Crippen molar-refractivity contribution in [3.05, 3.63) is 46.2 Å². The lowest BCUT2D eigenvalue weighted by molar-refractivity contribution is -0.119. The van der Waals surface area contributed by atoms with Gasteiger partial charge >= 0.3 is 0 Å². The Morgan fingerprint density at radius 1 is 1.23 bits per heavy atom. The zero-order valence-corrected chi connectivity index (χ0v) is 19.1. The van der Waals surface area contributed by atoms with E-state index in [1.165, 1.54) is 21.7 Å². The number of rotatable bonds is 7. The van der Waals surface area contributed by atoms with Crippen LogP contribution in [0.25, 0.3) is 0 Å². The molecule has 0 spiro atoms. The first-order valence-corrected chi connectivity index (χ1v) is 12.4. The van der Waals surface area contributed by atoms with Crippen molar-refractivity contribution in [1.29, 1.82) is 0 Å². The molecule has 1 aromatic heterocycles. The van der Waals surface area contributed by atoms with Gasteiger partial charge in [-0.2, -0.15) is 4.31 Å². The van der Waals surface area contributed by atoms with E-state index in [9.17, 15) is 18.0 Å². The van der Waals surface area contributed by atoms with Crippen LogP contribution in [0.3, 0.4) is 0 Å². The van der Waals surface area contributed by atoms with Gasteiger partial charge in [0.05, 0.1) is 9.77 Å². The van der Waals surface area contributed by atoms with E-state index in [1.54, 1.807) is 43.9 Å². The maximum Gasteiger partial charge on any atom is 0.264 e. The SMILES string of the molecule is CCN(CC)S(=O)(=O)c1cc(NC(=O)[C@@H]2CCCN2C(=O)c2cccs2)ccc1C. The zero-order chi connectivity index (χ0) is 21.9. The maximum atomic E-state index is 12.9. The van der Waals surface area contributed by atoms with Crippen molar-refractivity contribution >= 4 is 38.9 Å². The summed E-state index contributed by atoms with van der Waals surface area (Å²) in [4.78, 5) is 28.0. The first-order valence-electron chi connectivity index (χ1n) is 10.1. The number of amides is 2. The van der Waals surface area contributed by atoms with Crippen molar-refractivity contribution in [1.82, 2.24) is 9.21 Å². The van der Waals surface area contributed by atoms with Gasteiger partial charge in [0, 0.05) is 25.3 Å². The zero-order valence-electron chi connectivity index (χ0n) is 17.4. The maximum absolute atomic E-state index is 12.9. The average molecular weight is 450 g/mol. The van der Waals surface area contributed by atoms with Crippen LogP contribution in [0, 0.1) is 6.92 Å². The molecule has 9 heteroatoms. The molecule has 30 heavy (non-hydrogen) atoms. The molecule has 3 rings (SSSR count). The minimum atomic E-state index is -3.64. The van der Waals surface area contributed by atoms with Gasteiger partial charge in [-0.3, -0.25) is 9.59 Å². The molecule has 1 atom stereocenters. The summed E-state index contributed by atoms with van der Waals surface area (Å²) in [5, 5.41) is 4.65. The third-order valence-electron chi connectivity index (χ3n) is 5.33. The van der Waals surface area contributed by atoms with Crippen LogP contribution in [0.5, 0.6) is 0 Å². The monoisotopic (exact) mass is 449 g/mol. The molecule has 1 aromatic carbocycles. The molecular weight excluding hydrogens is 422 g/mol. The van der Waals surface area contributed by atoms with Gasteiger partial charge in [0.1, 0.15) is 6.04 Å². The Morgan fingerprint density at radius 3 is 2.60 bits per heavy atom. The molecule has 1 fully saturated rings. The third-order valence-corrected chi connectivity index (χ3v) is 8.38. The second-order valence-corrected chi connectivity index (χ2v) is 10.0. The van der Waals surface area contributed by atoms with Crippen LogP contribution in [0.2, 0.25) is 0 Å². The summed E-state index contributed by atoms with van der Waals surface area (Å²) in [6.45, 7) is 6.60. The average Bonchev–Trinajstić information content (AvgIpc) is 3.41. The first-order chi connectivity index (χ1) is 14.3. The number of nitrogens with one attached hydrogen (secondary N) is 1. The third kappa shape index (κ3) is 4.43. The minimum Gasteiger partial charge on any atom is -0.326 e. The smallest absolute Gasteiger partial charge is 0.264 e. The van der Waals surface area contributed by atoms with E-state index >= 15 is 0 Å². The fourth-order valence-electron chi connectivity index (χ4n) is 3.71. The summed E-state index contributed by atoms with van der Waals surface area (Å²) in [6.07, 6.45) is 1.34. The lowest BCUT2D eigenvalue weighted by Gasteiger charge is -2.24. The normalized spacial score (nSPS) is 16.8. The summed E-state index contributed by atoms with van der Waals surface area (Å²) in [5.74, 6) is -0.441. The summed E-state index contributed by atoms with van der Waals surface area (Å²) in [6, 6.07) is 7.88. The predicted molar refractivity (Wildman–Crippen MR) is 118 cm³/mol. The quantitative estimate of drug-likeness (QED) is 0.702. The molecule has 0 aliphatic carbocycles. The standard InChI is InChI=1S/C21H27N3O4S2/c1-4-23(5-2)30(27,28)19-14-16(11-10-15(19)3)22-20(25)17-8-6-12-24(17)21(26)18-9-7-13-29-18/h7,9-11,13-14,17H,4-6,8,12H2,1-3H3,(H,22,25)/t17-/m0/s1. The Labute approximate surface area is 181 Å². The lowest BCUT2D eigenvalue weighted by atomic mass is 10.2. The van der Waals surface area contributed by atoms with Gasteiger partial charge < -0.3 is 10.2 Å². The van der Waals surface area contributed by atoms with Gasteiger partial charge in [-0.05, 0) is 48.9 Å². The second kappa shape index (κ2) is 9.28. The van der Waals surface area contributed by atoms with Gasteiger partial charge in [-0.25, -0.2) is 8.42 Å².